The predicted molar refractivity (Wildman–Crippen MR) is 142 cm³/mol. The fourth-order valence-electron chi connectivity index (χ4n) is 4.51. The molecule has 0 saturated heterocycles. The number of H-pyrrole nitrogens is 2. The molecule has 0 fully saturated rings. The average molecular weight is 499 g/mol. The summed E-state index contributed by atoms with van der Waals surface area (Å²) < 4.78 is 20.3. The molecule has 0 unspecified atom stereocenters. The van der Waals surface area contributed by atoms with E-state index in [0.29, 0.717) is 40.6 Å². The predicted octanol–water partition coefficient (Wildman–Crippen LogP) is 4.02. The van der Waals surface area contributed by atoms with E-state index >= 15 is 0 Å². The van der Waals surface area contributed by atoms with Crippen LogP contribution in [0.3, 0.4) is 0 Å². The maximum absolute atomic E-state index is 14.5. The first-order valence-corrected chi connectivity index (χ1v) is 12.2. The fraction of sp³-hybridized carbons (Fsp3) is 0.259. The van der Waals surface area contributed by atoms with Crippen LogP contribution >= 0.6 is 0 Å². The minimum absolute atomic E-state index is 0.371. The third-order valence-corrected chi connectivity index (χ3v) is 6.41. The highest BCUT2D eigenvalue weighted by Gasteiger charge is 2.18. The van der Waals surface area contributed by atoms with Gasteiger partial charge in [-0.15, -0.1) is 0 Å². The molecule has 0 amide bonds. The second-order valence-corrected chi connectivity index (χ2v) is 9.32. The van der Waals surface area contributed by atoms with E-state index in [1.807, 2.05) is 43.3 Å². The van der Waals surface area contributed by atoms with E-state index in [9.17, 15) is 4.39 Å². The minimum Gasteiger partial charge on any atom is -0.492 e. The second kappa shape index (κ2) is 9.72. The summed E-state index contributed by atoms with van der Waals surface area (Å²) in [4.78, 5) is 19.4. The highest BCUT2D eigenvalue weighted by Crippen LogP contribution is 2.33. The lowest BCUT2D eigenvalue weighted by molar-refractivity contribution is 0.260. The minimum atomic E-state index is -0.371. The molecule has 0 saturated carbocycles. The Morgan fingerprint density at radius 2 is 2.03 bits per heavy atom. The van der Waals surface area contributed by atoms with Crippen molar-refractivity contribution in [1.29, 1.82) is 0 Å². The summed E-state index contributed by atoms with van der Waals surface area (Å²) in [6.07, 6.45) is 4.77. The number of benzene rings is 1. The highest BCUT2D eigenvalue weighted by atomic mass is 19.1. The topological polar surface area (TPSA) is 108 Å². The zero-order valence-corrected chi connectivity index (χ0v) is 20.7. The van der Waals surface area contributed by atoms with Crippen LogP contribution in [0, 0.1) is 5.82 Å². The second-order valence-electron chi connectivity index (χ2n) is 9.32. The SMILES string of the molecule is CN(C)CCOc1cc(F)cc(-c2ccnc3nc(-c4n[nH]c5ccc(C6=CCNCC6)nc45)[nH]c23)c1. The van der Waals surface area contributed by atoms with Crippen LogP contribution in [-0.2, 0) is 0 Å². The molecule has 0 bridgehead atoms. The molecular weight excluding hydrogens is 471 g/mol. The van der Waals surface area contributed by atoms with Gasteiger partial charge in [-0.25, -0.2) is 19.3 Å². The van der Waals surface area contributed by atoms with Gasteiger partial charge >= 0.3 is 0 Å². The molecule has 1 aliphatic rings. The molecule has 5 aromatic rings. The van der Waals surface area contributed by atoms with E-state index in [1.165, 1.54) is 17.7 Å². The summed E-state index contributed by atoms with van der Waals surface area (Å²) in [6, 6.07) is 10.6. The number of nitrogens with one attached hydrogen (secondary N) is 3. The van der Waals surface area contributed by atoms with Crippen LogP contribution in [0.15, 0.2) is 48.7 Å². The van der Waals surface area contributed by atoms with Crippen molar-refractivity contribution in [2.75, 3.05) is 40.3 Å². The van der Waals surface area contributed by atoms with Crippen molar-refractivity contribution in [3.8, 4) is 28.4 Å². The standard InChI is InChI=1S/C27H27FN8O/c1-36(2)11-12-37-19-14-17(13-18(28)15-19)20-7-10-30-26-23(20)32-27(33-26)25-24-22(34-35-25)4-3-21(31-24)16-5-8-29-9-6-16/h3-5,7,10,13-15,29H,6,8-9,11-12H2,1-2H3,(H,34,35)(H,30,32,33). The molecule has 0 spiro atoms. The monoisotopic (exact) mass is 498 g/mol. The molecule has 1 aliphatic heterocycles. The maximum atomic E-state index is 14.5. The van der Waals surface area contributed by atoms with Crippen LogP contribution < -0.4 is 10.1 Å². The Morgan fingerprint density at radius 3 is 2.86 bits per heavy atom. The van der Waals surface area contributed by atoms with Crippen LogP contribution in [0.1, 0.15) is 12.1 Å². The maximum Gasteiger partial charge on any atom is 0.178 e. The zero-order valence-electron chi connectivity index (χ0n) is 20.7. The van der Waals surface area contributed by atoms with Gasteiger partial charge in [0.15, 0.2) is 17.2 Å². The molecule has 9 nitrogen and oxygen atoms in total. The van der Waals surface area contributed by atoms with Crippen LogP contribution in [0.5, 0.6) is 5.75 Å². The summed E-state index contributed by atoms with van der Waals surface area (Å²) in [5.74, 6) is 0.650. The van der Waals surface area contributed by atoms with Crippen molar-refractivity contribution in [2.24, 2.45) is 0 Å². The Balaban J connectivity index is 1.39. The van der Waals surface area contributed by atoms with Gasteiger partial charge in [0.25, 0.3) is 0 Å². The zero-order chi connectivity index (χ0) is 25.4. The van der Waals surface area contributed by atoms with Crippen LogP contribution in [-0.4, -0.2) is 75.4 Å². The van der Waals surface area contributed by atoms with Crippen LogP contribution in [0.25, 0.3) is 50.4 Å². The number of fused-ring (bicyclic) bond motifs is 2. The first kappa shape index (κ1) is 23.3. The molecule has 3 N–H and O–H groups in total. The van der Waals surface area contributed by atoms with Gasteiger partial charge in [-0.2, -0.15) is 5.10 Å². The normalized spacial score (nSPS) is 14.0. The van der Waals surface area contributed by atoms with E-state index in [1.54, 1.807) is 6.20 Å². The summed E-state index contributed by atoms with van der Waals surface area (Å²) in [5.41, 5.74) is 6.98. The molecular formula is C27H27FN8O. The lowest BCUT2D eigenvalue weighted by Gasteiger charge is -2.13. The van der Waals surface area contributed by atoms with Gasteiger partial charge < -0.3 is 19.9 Å². The van der Waals surface area contributed by atoms with Crippen LogP contribution in [0.2, 0.25) is 0 Å². The lowest BCUT2D eigenvalue weighted by atomic mass is 10.1. The van der Waals surface area contributed by atoms with Gasteiger partial charge in [-0.1, -0.05) is 6.08 Å². The van der Waals surface area contributed by atoms with E-state index in [0.717, 1.165) is 48.3 Å². The molecule has 0 radical (unpaired) electrons. The first-order chi connectivity index (χ1) is 18.0. The molecule has 6 rings (SSSR count). The van der Waals surface area contributed by atoms with Gasteiger partial charge in [-0.3, -0.25) is 5.10 Å². The van der Waals surface area contributed by atoms with Gasteiger partial charge in [0.2, 0.25) is 0 Å². The smallest absolute Gasteiger partial charge is 0.178 e. The van der Waals surface area contributed by atoms with E-state index in [2.05, 4.69) is 31.6 Å². The van der Waals surface area contributed by atoms with Gasteiger partial charge in [-0.05, 0) is 68.5 Å². The summed E-state index contributed by atoms with van der Waals surface area (Å²) in [6.45, 7) is 2.97. The third kappa shape index (κ3) is 4.68. The van der Waals surface area contributed by atoms with Gasteiger partial charge in [0, 0.05) is 30.9 Å². The number of likely N-dealkylation sites (N-methyl/N-ethyl adjacent to an activating group) is 1. The number of aromatic nitrogens is 6. The van der Waals surface area contributed by atoms with Crippen molar-refractivity contribution in [3.63, 3.8) is 0 Å². The number of halogens is 1. The molecule has 0 aliphatic carbocycles. The Morgan fingerprint density at radius 1 is 1.11 bits per heavy atom. The number of nitrogens with zero attached hydrogens (tertiary/aromatic N) is 5. The molecule has 4 aromatic heterocycles. The molecule has 37 heavy (non-hydrogen) atoms. The number of hydrogen-bond acceptors (Lipinski definition) is 7. The van der Waals surface area contributed by atoms with Crippen molar-refractivity contribution in [3.05, 3.63) is 60.2 Å². The molecule has 5 heterocycles. The number of imidazole rings is 1. The van der Waals surface area contributed by atoms with Crippen molar-refractivity contribution in [1.82, 2.24) is 40.3 Å². The van der Waals surface area contributed by atoms with Crippen molar-refractivity contribution in [2.45, 2.75) is 6.42 Å². The Labute approximate surface area is 212 Å². The summed E-state index contributed by atoms with van der Waals surface area (Å²) >= 11 is 0. The van der Waals surface area contributed by atoms with Crippen molar-refractivity contribution >= 4 is 27.8 Å². The van der Waals surface area contributed by atoms with E-state index in [4.69, 9.17) is 14.7 Å². The number of aromatic amines is 2. The fourth-order valence-corrected chi connectivity index (χ4v) is 4.51. The van der Waals surface area contributed by atoms with E-state index < -0.39 is 0 Å². The lowest BCUT2D eigenvalue weighted by Crippen LogP contribution is -2.20. The van der Waals surface area contributed by atoms with Crippen molar-refractivity contribution < 1.29 is 9.13 Å². The van der Waals surface area contributed by atoms with Crippen LogP contribution in [0.4, 0.5) is 4.39 Å². The summed E-state index contributed by atoms with van der Waals surface area (Å²) in [5, 5.41) is 10.9. The Hall–Kier alpha value is -4.15. The molecule has 188 valence electrons. The third-order valence-electron chi connectivity index (χ3n) is 6.41. The largest absolute Gasteiger partial charge is 0.492 e. The average Bonchev–Trinajstić information content (AvgIpc) is 3.52. The Bertz CT molecular complexity index is 1620. The number of hydrogen-bond donors (Lipinski definition) is 3. The molecule has 0 atom stereocenters. The number of rotatable bonds is 7. The molecule has 1 aromatic carbocycles. The quantitative estimate of drug-likeness (QED) is 0.311. The summed E-state index contributed by atoms with van der Waals surface area (Å²) in [7, 11) is 3.93. The highest BCUT2D eigenvalue weighted by molar-refractivity contribution is 5.95. The van der Waals surface area contributed by atoms with Gasteiger partial charge in [0.1, 0.15) is 23.7 Å². The number of ether oxygens (including phenoxy) is 1. The number of pyridine rings is 2. The van der Waals surface area contributed by atoms with E-state index in [-0.39, 0.29) is 5.82 Å². The first-order valence-electron chi connectivity index (χ1n) is 12.2. The molecule has 10 heteroatoms. The Kier molecular flexibility index (Phi) is 6.11. The van der Waals surface area contributed by atoms with Gasteiger partial charge in [0.05, 0.1) is 16.7 Å².